The lowest BCUT2D eigenvalue weighted by Crippen LogP contribution is -2.56. The summed E-state index contributed by atoms with van der Waals surface area (Å²) >= 11 is 18.4. The molecule has 1 aliphatic heterocycles. The van der Waals surface area contributed by atoms with Crippen LogP contribution in [0.25, 0.3) is 0 Å². The Bertz CT molecular complexity index is 1740. The number of nitrogens with zero attached hydrogens (tertiary/aromatic N) is 2. The molecule has 0 spiro atoms. The van der Waals surface area contributed by atoms with E-state index >= 15 is 0 Å². The molecule has 1 heterocycles. The average molecular weight is 630 g/mol. The van der Waals surface area contributed by atoms with Crippen molar-refractivity contribution in [2.24, 2.45) is 11.8 Å². The van der Waals surface area contributed by atoms with Gasteiger partial charge in [0.15, 0.2) is 5.78 Å². The maximum absolute atomic E-state index is 14.5. The van der Waals surface area contributed by atoms with Gasteiger partial charge in [-0.05, 0) is 71.6 Å². The number of amides is 3. The van der Waals surface area contributed by atoms with Gasteiger partial charge in [0.25, 0.3) is 17.7 Å². The van der Waals surface area contributed by atoms with E-state index in [9.17, 15) is 19.2 Å². The maximum Gasteiger partial charge on any atom is 0.273 e. The van der Waals surface area contributed by atoms with Gasteiger partial charge in [-0.25, -0.2) is 5.01 Å². The molecule has 9 heteroatoms. The van der Waals surface area contributed by atoms with Gasteiger partial charge in [-0.15, -0.1) is 0 Å². The number of Topliss-reactive ketones (excluding diaryl/α,β-unsaturated/α-hetero) is 1. The molecule has 43 heavy (non-hydrogen) atoms. The molecule has 1 fully saturated rings. The van der Waals surface area contributed by atoms with Gasteiger partial charge in [0.1, 0.15) is 6.04 Å². The van der Waals surface area contributed by atoms with Crippen molar-refractivity contribution in [3.63, 3.8) is 0 Å². The minimum Gasteiger partial charge on any atom is -0.292 e. The predicted octanol–water partition coefficient (Wildman–Crippen LogP) is 7.17. The van der Waals surface area contributed by atoms with E-state index in [0.717, 1.165) is 32.3 Å². The Kier molecular flexibility index (Phi) is 6.69. The third-order valence-electron chi connectivity index (χ3n) is 8.89. The molecule has 4 aromatic rings. The lowest BCUT2D eigenvalue weighted by molar-refractivity contribution is -0.156. The summed E-state index contributed by atoms with van der Waals surface area (Å²) in [5.41, 5.74) is 4.37. The molecule has 3 aliphatic carbocycles. The van der Waals surface area contributed by atoms with Crippen molar-refractivity contribution >= 4 is 58.3 Å². The minimum absolute atomic E-state index is 0.0789. The summed E-state index contributed by atoms with van der Waals surface area (Å²) in [5.74, 6) is -4.42. The van der Waals surface area contributed by atoms with Crippen molar-refractivity contribution in [3.8, 4) is 0 Å². The molecule has 0 N–H and O–H groups in total. The molecule has 0 radical (unpaired) electrons. The van der Waals surface area contributed by atoms with E-state index in [1.54, 1.807) is 24.3 Å². The smallest absolute Gasteiger partial charge is 0.273 e. The zero-order chi connectivity index (χ0) is 30.2. The SMILES string of the molecule is C[C@H](C(=O)c1ccc(Cl)cc1)N(C(=O)c1ccc(Cl)c(Cl)c1)N1C(=O)[C@H]2C3c4ccccc4C(c4ccccc43)[C@@H]2C1=O. The van der Waals surface area contributed by atoms with Gasteiger partial charge < -0.3 is 0 Å². The van der Waals surface area contributed by atoms with E-state index in [0.29, 0.717) is 5.02 Å². The topological polar surface area (TPSA) is 74.8 Å². The van der Waals surface area contributed by atoms with Gasteiger partial charge >= 0.3 is 0 Å². The highest BCUT2D eigenvalue weighted by Gasteiger charge is 2.63. The molecule has 3 amide bonds. The summed E-state index contributed by atoms with van der Waals surface area (Å²) in [5, 5.41) is 2.71. The molecule has 214 valence electrons. The first-order valence-electron chi connectivity index (χ1n) is 13.8. The van der Waals surface area contributed by atoms with Crippen LogP contribution in [0, 0.1) is 11.8 Å². The van der Waals surface area contributed by atoms with Crippen molar-refractivity contribution in [3.05, 3.63) is 139 Å². The second-order valence-corrected chi connectivity index (χ2v) is 12.3. The molecule has 0 aromatic heterocycles. The van der Waals surface area contributed by atoms with Gasteiger partial charge in [0, 0.05) is 28.0 Å². The second-order valence-electron chi connectivity index (χ2n) is 11.1. The first-order chi connectivity index (χ1) is 20.7. The zero-order valence-electron chi connectivity index (χ0n) is 22.7. The number of carbonyl (C=O) groups is 4. The Balaban J connectivity index is 1.36. The summed E-state index contributed by atoms with van der Waals surface area (Å²) in [4.78, 5) is 57.0. The van der Waals surface area contributed by atoms with E-state index in [4.69, 9.17) is 34.8 Å². The molecule has 0 unspecified atom stereocenters. The highest BCUT2D eigenvalue weighted by atomic mass is 35.5. The number of rotatable bonds is 5. The quantitative estimate of drug-likeness (QED) is 0.173. The van der Waals surface area contributed by atoms with Crippen LogP contribution in [0.4, 0.5) is 0 Å². The second kappa shape index (κ2) is 10.3. The number of hydrogen-bond acceptors (Lipinski definition) is 4. The van der Waals surface area contributed by atoms with E-state index in [2.05, 4.69) is 0 Å². The van der Waals surface area contributed by atoms with Crippen LogP contribution in [0.1, 0.15) is 61.7 Å². The largest absolute Gasteiger partial charge is 0.292 e. The highest BCUT2D eigenvalue weighted by Crippen LogP contribution is 2.61. The Morgan fingerprint density at radius 1 is 0.674 bits per heavy atom. The van der Waals surface area contributed by atoms with Crippen LogP contribution in [0.2, 0.25) is 15.1 Å². The third kappa shape index (κ3) is 4.15. The lowest BCUT2D eigenvalue weighted by atomic mass is 9.55. The van der Waals surface area contributed by atoms with Crippen LogP contribution in [0.15, 0.2) is 91.0 Å². The highest BCUT2D eigenvalue weighted by molar-refractivity contribution is 6.42. The third-order valence-corrected chi connectivity index (χ3v) is 9.88. The number of carbonyl (C=O) groups excluding carboxylic acids is 4. The normalized spacial score (nSPS) is 22.1. The van der Waals surface area contributed by atoms with Gasteiger partial charge in [0.2, 0.25) is 0 Å². The number of hydrazine groups is 1. The summed E-state index contributed by atoms with van der Waals surface area (Å²) in [6, 6.07) is 25.0. The van der Waals surface area contributed by atoms with Crippen molar-refractivity contribution in [1.29, 1.82) is 0 Å². The molecule has 3 atom stereocenters. The summed E-state index contributed by atoms with van der Waals surface area (Å²) in [7, 11) is 0. The fourth-order valence-corrected chi connectivity index (χ4v) is 7.47. The van der Waals surface area contributed by atoms with Crippen LogP contribution < -0.4 is 0 Å². The summed E-state index contributed by atoms with van der Waals surface area (Å²) in [6.45, 7) is 1.51. The summed E-state index contributed by atoms with van der Waals surface area (Å²) in [6.07, 6.45) is 0. The Morgan fingerprint density at radius 2 is 1.14 bits per heavy atom. The van der Waals surface area contributed by atoms with Crippen molar-refractivity contribution < 1.29 is 19.2 Å². The Hall–Kier alpha value is -3.97. The minimum atomic E-state index is -1.22. The van der Waals surface area contributed by atoms with Crippen LogP contribution in [0.5, 0.6) is 0 Å². The van der Waals surface area contributed by atoms with Crippen LogP contribution in [0.3, 0.4) is 0 Å². The fourth-order valence-electron chi connectivity index (χ4n) is 7.04. The molecule has 6 nitrogen and oxygen atoms in total. The van der Waals surface area contributed by atoms with Crippen molar-refractivity contribution in [2.45, 2.75) is 24.8 Å². The van der Waals surface area contributed by atoms with Crippen LogP contribution >= 0.6 is 34.8 Å². The summed E-state index contributed by atoms with van der Waals surface area (Å²) < 4.78 is 0. The zero-order valence-corrected chi connectivity index (χ0v) is 25.0. The maximum atomic E-state index is 14.5. The molecule has 4 aliphatic rings. The Labute approximate surface area is 262 Å². The molecule has 0 saturated carbocycles. The van der Waals surface area contributed by atoms with Gasteiger partial charge in [-0.2, -0.15) is 5.01 Å². The number of benzene rings is 4. The fraction of sp³-hybridized carbons (Fsp3) is 0.176. The molecule has 2 bridgehead atoms. The molecule has 8 rings (SSSR count). The standard InChI is InChI=1S/C34H23Cl3N2O4/c1-17(31(40)18-10-13-20(35)14-11-18)38(32(41)19-12-15-25(36)26(37)16-19)39-33(42)29-27-21-6-2-3-7-22(21)28(30(29)34(39)43)24-9-5-4-8-23(24)27/h2-17,27-30H,1H3/t17-,27?,28?,29+,30+/m1/s1. The lowest BCUT2D eigenvalue weighted by Gasteiger charge is -2.45. The number of ketones is 1. The monoisotopic (exact) mass is 628 g/mol. The van der Waals surface area contributed by atoms with Crippen LogP contribution in [-0.4, -0.2) is 39.6 Å². The molecule has 4 aromatic carbocycles. The molecule has 1 saturated heterocycles. The number of hydrogen-bond donors (Lipinski definition) is 0. The average Bonchev–Trinajstić information content (AvgIpc) is 3.28. The number of imide groups is 1. The van der Waals surface area contributed by atoms with Crippen molar-refractivity contribution in [1.82, 2.24) is 10.0 Å². The first kappa shape index (κ1) is 27.8. The van der Waals surface area contributed by atoms with E-state index in [1.165, 1.54) is 25.1 Å². The Morgan fingerprint density at radius 3 is 1.60 bits per heavy atom. The number of halogens is 3. The van der Waals surface area contributed by atoms with E-state index in [-0.39, 0.29) is 33.0 Å². The van der Waals surface area contributed by atoms with Crippen molar-refractivity contribution in [2.75, 3.05) is 0 Å². The molecular formula is C34H23Cl3N2O4. The van der Waals surface area contributed by atoms with E-state index < -0.39 is 41.4 Å². The van der Waals surface area contributed by atoms with Gasteiger partial charge in [-0.1, -0.05) is 83.3 Å². The molecular weight excluding hydrogens is 607 g/mol. The van der Waals surface area contributed by atoms with Gasteiger partial charge in [-0.3, -0.25) is 19.2 Å². The first-order valence-corrected chi connectivity index (χ1v) is 15.0. The predicted molar refractivity (Wildman–Crippen MR) is 163 cm³/mol. The van der Waals surface area contributed by atoms with E-state index in [1.807, 2.05) is 48.5 Å². The van der Waals surface area contributed by atoms with Crippen LogP contribution in [-0.2, 0) is 9.59 Å². The van der Waals surface area contributed by atoms with Gasteiger partial charge in [0.05, 0.1) is 21.9 Å².